The van der Waals surface area contributed by atoms with Crippen molar-refractivity contribution >= 4 is 17.8 Å². The van der Waals surface area contributed by atoms with Crippen LogP contribution in [-0.2, 0) is 19.7 Å². The molecule has 0 bridgehead atoms. The van der Waals surface area contributed by atoms with Crippen molar-refractivity contribution in [2.45, 2.75) is 77.7 Å². The van der Waals surface area contributed by atoms with Crippen molar-refractivity contribution in [1.29, 1.82) is 0 Å². The number of hydrogen-bond acceptors (Lipinski definition) is 6. The summed E-state index contributed by atoms with van der Waals surface area (Å²) >= 11 is 0. The van der Waals surface area contributed by atoms with Gasteiger partial charge in [0.15, 0.2) is 0 Å². The first-order chi connectivity index (χ1) is 16.6. The minimum Gasteiger partial charge on any atom is -0.492 e. The van der Waals surface area contributed by atoms with Gasteiger partial charge in [0.1, 0.15) is 28.6 Å². The molecule has 1 atom stereocenters. The van der Waals surface area contributed by atoms with Gasteiger partial charge in [0.2, 0.25) is 0 Å². The number of nitrogens with zero attached hydrogens (tertiary/aromatic N) is 1. The molecule has 186 valence electrons. The van der Waals surface area contributed by atoms with Gasteiger partial charge in [-0.25, -0.2) is 0 Å². The predicted molar refractivity (Wildman–Crippen MR) is 135 cm³/mol. The predicted octanol–water partition coefficient (Wildman–Crippen LogP) is 6.34. The van der Waals surface area contributed by atoms with Gasteiger partial charge in [0.05, 0.1) is 24.9 Å². The quantitative estimate of drug-likeness (QED) is 0.393. The second-order valence-electron chi connectivity index (χ2n) is 10.6. The van der Waals surface area contributed by atoms with Gasteiger partial charge in [-0.1, -0.05) is 19.1 Å². The second kappa shape index (κ2) is 9.84. The van der Waals surface area contributed by atoms with E-state index in [1.165, 1.54) is 5.56 Å². The van der Waals surface area contributed by atoms with Crippen molar-refractivity contribution in [2.24, 2.45) is 5.92 Å². The van der Waals surface area contributed by atoms with Gasteiger partial charge >= 0.3 is 5.97 Å². The molecule has 35 heavy (non-hydrogen) atoms. The molecule has 0 radical (unpaired) electrons. The highest BCUT2D eigenvalue weighted by Crippen LogP contribution is 2.59. The Labute approximate surface area is 207 Å². The Kier molecular flexibility index (Phi) is 7.02. The van der Waals surface area contributed by atoms with Gasteiger partial charge in [-0.05, 0) is 76.8 Å². The summed E-state index contributed by atoms with van der Waals surface area (Å²) < 4.78 is 17.5. The van der Waals surface area contributed by atoms with Crippen LogP contribution in [0.5, 0.6) is 17.2 Å². The lowest BCUT2D eigenvalue weighted by molar-refractivity contribution is -0.157. The molecular weight excluding hydrogens is 442 g/mol. The van der Waals surface area contributed by atoms with Crippen LogP contribution in [0, 0.1) is 12.8 Å². The van der Waals surface area contributed by atoms with E-state index in [2.05, 4.69) is 11.9 Å². The number of rotatable bonds is 9. The topological polar surface area (TPSA) is 74.7 Å². The average molecular weight is 478 g/mol. The summed E-state index contributed by atoms with van der Waals surface area (Å²) in [6.45, 7) is 10.2. The number of aryl methyl sites for hydroxylation is 1. The van der Waals surface area contributed by atoms with E-state index < -0.39 is 5.60 Å². The van der Waals surface area contributed by atoms with Gasteiger partial charge in [0, 0.05) is 23.3 Å². The van der Waals surface area contributed by atoms with Crippen LogP contribution in [0.2, 0.25) is 0 Å². The first kappa shape index (κ1) is 25.0. The van der Waals surface area contributed by atoms with Crippen molar-refractivity contribution in [2.75, 3.05) is 6.61 Å². The zero-order chi connectivity index (χ0) is 25.2. The normalized spacial score (nSPS) is 16.6. The van der Waals surface area contributed by atoms with E-state index in [0.717, 1.165) is 42.2 Å². The maximum Gasteiger partial charge on any atom is 0.307 e. The number of ether oxygens (including phenoxy) is 3. The fraction of sp³-hybridized carbons (Fsp3) is 0.483. The molecule has 4 rings (SSSR count). The lowest BCUT2D eigenvalue weighted by Gasteiger charge is -2.21. The number of aromatic nitrogens is 1. The zero-order valence-corrected chi connectivity index (χ0v) is 21.3. The Hall–Kier alpha value is -3.15. The maximum absolute atomic E-state index is 12.6. The molecule has 1 saturated carbocycles. The molecule has 0 N–H and O–H groups in total. The third kappa shape index (κ3) is 5.92. The number of allylic oxidation sites excluding steroid dienone is 1. The van der Waals surface area contributed by atoms with E-state index in [9.17, 15) is 9.59 Å². The molecule has 1 aliphatic carbocycles. The largest absolute Gasteiger partial charge is 0.492 e. The average Bonchev–Trinajstić information content (AvgIpc) is 3.47. The highest BCUT2D eigenvalue weighted by atomic mass is 16.6. The van der Waals surface area contributed by atoms with Crippen molar-refractivity contribution < 1.29 is 23.8 Å². The number of hydrogen-bond donors (Lipinski definition) is 0. The standard InChI is InChI=1S/C29H35NO5/c1-6-20(16-25(32)35-28(3,4)5)23(31)9-7-8-21-11-12-22(17-30-21)34-24-13-10-19(2)27-26(24)29(14-15-29)18-33-27/h7-8,10-13,17,20H,6,9,14-16,18H2,1-5H3/b8-7+/t20-/m0/s1. The zero-order valence-electron chi connectivity index (χ0n) is 21.3. The molecule has 2 aromatic rings. The number of fused-ring (bicyclic) bond motifs is 2. The fourth-order valence-corrected chi connectivity index (χ4v) is 4.48. The molecule has 2 aliphatic rings. The summed E-state index contributed by atoms with van der Waals surface area (Å²) in [5.74, 6) is 1.82. The number of benzene rings is 1. The van der Waals surface area contributed by atoms with Gasteiger partial charge in [0.25, 0.3) is 0 Å². The number of ketones is 1. The number of esters is 1. The van der Waals surface area contributed by atoms with Crippen LogP contribution in [0.3, 0.4) is 0 Å². The van der Waals surface area contributed by atoms with E-state index in [-0.39, 0.29) is 35.9 Å². The molecule has 1 aromatic heterocycles. The lowest BCUT2D eigenvalue weighted by atomic mass is 9.95. The van der Waals surface area contributed by atoms with E-state index >= 15 is 0 Å². The third-order valence-corrected chi connectivity index (χ3v) is 6.57. The van der Waals surface area contributed by atoms with Crippen LogP contribution in [-0.4, -0.2) is 28.9 Å². The lowest BCUT2D eigenvalue weighted by Crippen LogP contribution is -2.27. The Balaban J connectivity index is 1.34. The molecule has 6 nitrogen and oxygen atoms in total. The minimum absolute atomic E-state index is 0.0269. The Morgan fingerprint density at radius 2 is 1.97 bits per heavy atom. The number of pyridine rings is 1. The molecular formula is C29H35NO5. The van der Waals surface area contributed by atoms with E-state index in [0.29, 0.717) is 12.2 Å². The Morgan fingerprint density at radius 3 is 2.60 bits per heavy atom. The monoisotopic (exact) mass is 477 g/mol. The van der Waals surface area contributed by atoms with Gasteiger partial charge in [-0.2, -0.15) is 0 Å². The number of Topliss-reactive ketones (excluding diaryl/α,β-unsaturated/α-hetero) is 1. The van der Waals surface area contributed by atoms with Gasteiger partial charge < -0.3 is 14.2 Å². The molecule has 0 unspecified atom stereocenters. The maximum atomic E-state index is 12.6. The second-order valence-corrected chi connectivity index (χ2v) is 10.6. The SMILES string of the molecule is CC[C@@H](CC(=O)OC(C)(C)C)C(=O)C/C=C/c1ccc(Oc2ccc(C)c3c2C2(CC2)CO3)cn1. The molecule has 6 heteroatoms. The number of carbonyl (C=O) groups excluding carboxylic acids is 2. The Bertz CT molecular complexity index is 1120. The van der Waals surface area contributed by atoms with Crippen molar-refractivity contribution in [3.8, 4) is 17.2 Å². The van der Waals surface area contributed by atoms with Crippen molar-refractivity contribution in [1.82, 2.24) is 4.98 Å². The van der Waals surface area contributed by atoms with Crippen molar-refractivity contribution in [3.05, 3.63) is 53.4 Å². The van der Waals surface area contributed by atoms with Crippen LogP contribution >= 0.6 is 0 Å². The molecule has 1 aromatic carbocycles. The summed E-state index contributed by atoms with van der Waals surface area (Å²) in [4.78, 5) is 29.1. The van der Waals surface area contributed by atoms with Crippen LogP contribution in [0.15, 0.2) is 36.5 Å². The highest BCUT2D eigenvalue weighted by Gasteiger charge is 2.53. The van der Waals surface area contributed by atoms with Crippen LogP contribution in [0.4, 0.5) is 0 Å². The van der Waals surface area contributed by atoms with Crippen LogP contribution in [0.25, 0.3) is 6.08 Å². The van der Waals surface area contributed by atoms with E-state index in [4.69, 9.17) is 14.2 Å². The third-order valence-electron chi connectivity index (χ3n) is 6.57. The van der Waals surface area contributed by atoms with Gasteiger partial charge in [-0.15, -0.1) is 0 Å². The summed E-state index contributed by atoms with van der Waals surface area (Å²) in [6, 6.07) is 7.80. The molecule has 1 spiro atoms. The molecule has 2 heterocycles. The van der Waals surface area contributed by atoms with Crippen LogP contribution < -0.4 is 9.47 Å². The summed E-state index contributed by atoms with van der Waals surface area (Å²) in [6.07, 6.45) is 8.54. The van der Waals surface area contributed by atoms with E-state index in [1.807, 2.05) is 58.0 Å². The first-order valence-corrected chi connectivity index (χ1v) is 12.4. The molecule has 0 saturated heterocycles. The van der Waals surface area contributed by atoms with E-state index in [1.54, 1.807) is 12.3 Å². The Morgan fingerprint density at radius 1 is 1.20 bits per heavy atom. The smallest absolute Gasteiger partial charge is 0.307 e. The fourth-order valence-electron chi connectivity index (χ4n) is 4.48. The minimum atomic E-state index is -0.549. The van der Waals surface area contributed by atoms with Crippen LogP contribution in [0.1, 0.15) is 76.6 Å². The first-order valence-electron chi connectivity index (χ1n) is 12.4. The molecule has 1 fully saturated rings. The number of carbonyl (C=O) groups is 2. The summed E-state index contributed by atoms with van der Waals surface area (Å²) in [5.41, 5.74) is 2.64. The van der Waals surface area contributed by atoms with Gasteiger partial charge in [-0.3, -0.25) is 14.6 Å². The highest BCUT2D eigenvalue weighted by molar-refractivity contribution is 5.86. The van der Waals surface area contributed by atoms with Crippen molar-refractivity contribution in [3.63, 3.8) is 0 Å². The summed E-state index contributed by atoms with van der Waals surface area (Å²) in [7, 11) is 0. The molecule has 0 amide bonds. The molecule has 1 aliphatic heterocycles. The summed E-state index contributed by atoms with van der Waals surface area (Å²) in [5, 5.41) is 0.